The highest BCUT2D eigenvalue weighted by atomic mass is 79.9. The largest absolute Gasteiger partial charge is 0.0587 e. The lowest BCUT2D eigenvalue weighted by atomic mass is 9.90. The van der Waals surface area contributed by atoms with Gasteiger partial charge in [-0.1, -0.05) is 28.1 Å². The van der Waals surface area contributed by atoms with E-state index in [-0.39, 0.29) is 0 Å². The molecule has 0 saturated heterocycles. The van der Waals surface area contributed by atoms with Crippen LogP contribution in [0.5, 0.6) is 0 Å². The van der Waals surface area contributed by atoms with Crippen molar-refractivity contribution in [3.05, 3.63) is 38.9 Å². The highest BCUT2D eigenvalue weighted by molar-refractivity contribution is 9.11. The van der Waals surface area contributed by atoms with Crippen molar-refractivity contribution in [1.29, 1.82) is 0 Å². The second-order valence-corrected chi connectivity index (χ2v) is 4.70. The first kappa shape index (κ1) is 9.01. The molecule has 0 N–H and O–H groups in total. The first-order chi connectivity index (χ1) is 6.18. The Morgan fingerprint density at radius 1 is 1.08 bits per heavy atom. The molecule has 0 saturated carbocycles. The second kappa shape index (κ2) is 3.30. The molecule has 0 bridgehead atoms. The van der Waals surface area contributed by atoms with Gasteiger partial charge in [-0.15, -0.1) is 0 Å². The fourth-order valence-electron chi connectivity index (χ4n) is 1.90. The van der Waals surface area contributed by atoms with Gasteiger partial charge in [-0.25, -0.2) is 0 Å². The maximum absolute atomic E-state index is 3.58. The van der Waals surface area contributed by atoms with Gasteiger partial charge in [0.05, 0.1) is 0 Å². The summed E-state index contributed by atoms with van der Waals surface area (Å²) in [4.78, 5) is 0. The summed E-state index contributed by atoms with van der Waals surface area (Å²) in [5, 5.41) is 0. The molecule has 0 spiro atoms. The summed E-state index contributed by atoms with van der Waals surface area (Å²) in [5.41, 5.74) is 5.77. The van der Waals surface area contributed by atoms with Crippen LogP contribution >= 0.6 is 15.9 Å². The van der Waals surface area contributed by atoms with Gasteiger partial charge in [0.2, 0.25) is 0 Å². The molecule has 1 aliphatic rings. The normalized spacial score (nSPS) is 15.2. The van der Waals surface area contributed by atoms with E-state index in [2.05, 4.69) is 48.0 Å². The number of halogens is 1. The number of rotatable bonds is 0. The SMILES string of the molecule is Cc1ccc(C)c2c1C=C(Br)CC2. The molecule has 13 heavy (non-hydrogen) atoms. The summed E-state index contributed by atoms with van der Waals surface area (Å²) >= 11 is 3.58. The highest BCUT2D eigenvalue weighted by Crippen LogP contribution is 2.31. The molecule has 0 aromatic heterocycles. The van der Waals surface area contributed by atoms with Gasteiger partial charge in [-0.3, -0.25) is 0 Å². The number of fused-ring (bicyclic) bond motifs is 1. The molecule has 0 unspecified atom stereocenters. The predicted molar refractivity (Wildman–Crippen MR) is 61.1 cm³/mol. The summed E-state index contributed by atoms with van der Waals surface area (Å²) in [7, 11) is 0. The Morgan fingerprint density at radius 2 is 1.77 bits per heavy atom. The molecular formula is C12H13Br. The third-order valence-electron chi connectivity index (χ3n) is 2.72. The minimum atomic E-state index is 1.15. The standard InChI is InChI=1S/C12H13Br/c1-8-3-4-9(2)12-7-10(13)5-6-11(8)12/h3-4,7H,5-6H2,1-2H3. The number of hydrogen-bond acceptors (Lipinski definition) is 0. The van der Waals surface area contributed by atoms with Crippen LogP contribution in [0.25, 0.3) is 6.08 Å². The summed E-state index contributed by atoms with van der Waals surface area (Å²) < 4.78 is 1.33. The van der Waals surface area contributed by atoms with E-state index in [0.29, 0.717) is 0 Å². The molecular weight excluding hydrogens is 224 g/mol. The molecule has 0 amide bonds. The fourth-order valence-corrected chi connectivity index (χ4v) is 2.32. The summed E-state index contributed by atoms with van der Waals surface area (Å²) in [6, 6.07) is 4.43. The van der Waals surface area contributed by atoms with Crippen molar-refractivity contribution in [2.75, 3.05) is 0 Å². The third-order valence-corrected chi connectivity index (χ3v) is 3.35. The minimum absolute atomic E-state index is 1.15. The average molecular weight is 237 g/mol. The molecule has 0 heterocycles. The Morgan fingerprint density at radius 3 is 2.54 bits per heavy atom. The fraction of sp³-hybridized carbons (Fsp3) is 0.333. The first-order valence-corrected chi connectivity index (χ1v) is 5.43. The Hall–Kier alpha value is -0.560. The Kier molecular flexibility index (Phi) is 2.29. The smallest absolute Gasteiger partial charge is 0.00399 e. The minimum Gasteiger partial charge on any atom is -0.0587 e. The van der Waals surface area contributed by atoms with Crippen molar-refractivity contribution in [3.8, 4) is 0 Å². The zero-order valence-corrected chi connectivity index (χ0v) is 9.61. The molecule has 0 atom stereocenters. The van der Waals surface area contributed by atoms with Crippen LogP contribution in [0.15, 0.2) is 16.6 Å². The van der Waals surface area contributed by atoms with Gasteiger partial charge >= 0.3 is 0 Å². The van der Waals surface area contributed by atoms with Crippen LogP contribution in [-0.2, 0) is 6.42 Å². The van der Waals surface area contributed by atoms with Crippen molar-refractivity contribution >= 4 is 22.0 Å². The van der Waals surface area contributed by atoms with Gasteiger partial charge in [-0.2, -0.15) is 0 Å². The van der Waals surface area contributed by atoms with Gasteiger partial charge in [0.15, 0.2) is 0 Å². The average Bonchev–Trinajstić information content (AvgIpc) is 2.12. The molecule has 0 aliphatic heterocycles. The van der Waals surface area contributed by atoms with Crippen LogP contribution < -0.4 is 0 Å². The lowest BCUT2D eigenvalue weighted by molar-refractivity contribution is 0.958. The molecule has 68 valence electrons. The van der Waals surface area contributed by atoms with E-state index < -0.39 is 0 Å². The van der Waals surface area contributed by atoms with Crippen LogP contribution in [0, 0.1) is 13.8 Å². The quantitative estimate of drug-likeness (QED) is 0.640. The van der Waals surface area contributed by atoms with Crippen molar-refractivity contribution in [3.63, 3.8) is 0 Å². The van der Waals surface area contributed by atoms with E-state index in [4.69, 9.17) is 0 Å². The number of allylic oxidation sites excluding steroid dienone is 1. The lowest BCUT2D eigenvalue weighted by Crippen LogP contribution is -2.01. The van der Waals surface area contributed by atoms with Gasteiger partial charge in [0, 0.05) is 0 Å². The van der Waals surface area contributed by atoms with E-state index in [0.717, 1.165) is 6.42 Å². The zero-order chi connectivity index (χ0) is 9.42. The van der Waals surface area contributed by atoms with E-state index in [1.807, 2.05) is 0 Å². The van der Waals surface area contributed by atoms with E-state index >= 15 is 0 Å². The Labute approximate surface area is 87.8 Å². The molecule has 2 rings (SSSR count). The van der Waals surface area contributed by atoms with E-state index in [9.17, 15) is 0 Å². The van der Waals surface area contributed by atoms with Crippen LogP contribution in [0.1, 0.15) is 28.7 Å². The van der Waals surface area contributed by atoms with Crippen LogP contribution in [0.2, 0.25) is 0 Å². The summed E-state index contributed by atoms with van der Waals surface area (Å²) in [6.07, 6.45) is 4.60. The molecule has 0 radical (unpaired) electrons. The number of benzene rings is 1. The number of aryl methyl sites for hydroxylation is 2. The molecule has 1 aromatic carbocycles. The maximum Gasteiger partial charge on any atom is -0.00399 e. The monoisotopic (exact) mass is 236 g/mol. The van der Waals surface area contributed by atoms with Crippen molar-refractivity contribution in [1.82, 2.24) is 0 Å². The summed E-state index contributed by atoms with van der Waals surface area (Å²) in [5.74, 6) is 0. The topological polar surface area (TPSA) is 0 Å². The Balaban J connectivity index is 2.65. The highest BCUT2D eigenvalue weighted by Gasteiger charge is 2.12. The molecule has 1 aromatic rings. The van der Waals surface area contributed by atoms with Crippen LogP contribution in [0.3, 0.4) is 0 Å². The maximum atomic E-state index is 3.58. The van der Waals surface area contributed by atoms with Crippen molar-refractivity contribution < 1.29 is 0 Å². The lowest BCUT2D eigenvalue weighted by Gasteiger charge is -2.17. The Bertz CT molecular complexity index is 375. The van der Waals surface area contributed by atoms with Gasteiger partial charge in [0.25, 0.3) is 0 Å². The molecule has 0 nitrogen and oxygen atoms in total. The van der Waals surface area contributed by atoms with Gasteiger partial charge < -0.3 is 0 Å². The number of hydrogen-bond donors (Lipinski definition) is 0. The van der Waals surface area contributed by atoms with Crippen molar-refractivity contribution in [2.24, 2.45) is 0 Å². The van der Waals surface area contributed by atoms with E-state index in [1.165, 1.54) is 33.2 Å². The van der Waals surface area contributed by atoms with E-state index in [1.54, 1.807) is 0 Å². The van der Waals surface area contributed by atoms with Gasteiger partial charge in [-0.05, 0) is 59.5 Å². The third kappa shape index (κ3) is 1.58. The molecule has 1 heteroatoms. The predicted octanol–water partition coefficient (Wildman–Crippen LogP) is 3.99. The first-order valence-electron chi connectivity index (χ1n) is 4.63. The van der Waals surface area contributed by atoms with Gasteiger partial charge in [0.1, 0.15) is 0 Å². The van der Waals surface area contributed by atoms with Crippen molar-refractivity contribution in [2.45, 2.75) is 26.7 Å². The summed E-state index contributed by atoms with van der Waals surface area (Å²) in [6.45, 7) is 4.38. The van der Waals surface area contributed by atoms with Crippen LogP contribution in [-0.4, -0.2) is 0 Å². The zero-order valence-electron chi connectivity index (χ0n) is 8.02. The molecule has 0 fully saturated rings. The second-order valence-electron chi connectivity index (χ2n) is 3.68. The molecule has 1 aliphatic carbocycles. The van der Waals surface area contributed by atoms with Crippen LogP contribution in [0.4, 0.5) is 0 Å².